The molecule has 5 rings (SSSR count). The van der Waals surface area contributed by atoms with Crippen molar-refractivity contribution in [2.45, 2.75) is 12.1 Å². The van der Waals surface area contributed by atoms with Gasteiger partial charge in [-0.2, -0.15) is 0 Å². The average molecular weight is 427 g/mol. The minimum absolute atomic E-state index is 0.0100. The van der Waals surface area contributed by atoms with Gasteiger partial charge in [-0.05, 0) is 28.8 Å². The molecule has 31 heavy (non-hydrogen) atoms. The fourth-order valence-electron chi connectivity index (χ4n) is 3.90. The average Bonchev–Trinajstić information content (AvgIpc) is 3.23. The Bertz CT molecular complexity index is 1210. The Morgan fingerprint density at radius 1 is 0.871 bits per heavy atom. The van der Waals surface area contributed by atoms with Gasteiger partial charge in [0, 0.05) is 17.5 Å². The zero-order valence-electron chi connectivity index (χ0n) is 16.3. The number of ketones is 1. The Balaban J connectivity index is 1.60. The molecule has 0 aliphatic carbocycles. The van der Waals surface area contributed by atoms with Gasteiger partial charge in [0.1, 0.15) is 12.1 Å². The Kier molecular flexibility index (Phi) is 4.88. The number of carbonyl (C=O) groups excluding carboxylic acids is 1. The molecule has 0 amide bonds. The van der Waals surface area contributed by atoms with E-state index in [-0.39, 0.29) is 11.5 Å². The van der Waals surface area contributed by atoms with Gasteiger partial charge in [0.05, 0.1) is 10.6 Å². The highest BCUT2D eigenvalue weighted by Gasteiger charge is 2.43. The SMILES string of the molecule is O=C1C(c2ccc([N+](=O)[O-])cc2)N=C2SC=C(c3ccccc3)N2C1c1ccccc1. The van der Waals surface area contributed by atoms with E-state index in [9.17, 15) is 14.9 Å². The largest absolute Gasteiger partial charge is 0.305 e. The Hall–Kier alpha value is -3.71. The smallest absolute Gasteiger partial charge is 0.269 e. The lowest BCUT2D eigenvalue weighted by Gasteiger charge is -2.36. The first-order valence-electron chi connectivity index (χ1n) is 9.76. The summed E-state index contributed by atoms with van der Waals surface area (Å²) in [5.74, 6) is -0.0619. The second kappa shape index (κ2) is 7.85. The maximum atomic E-state index is 13.7. The molecule has 2 unspecified atom stereocenters. The molecule has 0 saturated carbocycles. The molecular weight excluding hydrogens is 410 g/mol. The number of nitro benzene ring substituents is 1. The van der Waals surface area contributed by atoms with Crippen LogP contribution in [0.2, 0.25) is 0 Å². The molecule has 6 nitrogen and oxygen atoms in total. The van der Waals surface area contributed by atoms with Crippen LogP contribution in [0.4, 0.5) is 5.69 Å². The molecule has 0 bridgehead atoms. The molecule has 0 aromatic heterocycles. The lowest BCUT2D eigenvalue weighted by Crippen LogP contribution is -2.40. The number of benzene rings is 3. The summed E-state index contributed by atoms with van der Waals surface area (Å²) in [7, 11) is 0. The number of Topliss-reactive ketones (excluding diaryl/α,β-unsaturated/α-hetero) is 1. The van der Waals surface area contributed by atoms with E-state index in [4.69, 9.17) is 4.99 Å². The van der Waals surface area contributed by atoms with E-state index >= 15 is 0 Å². The minimum atomic E-state index is -0.715. The third kappa shape index (κ3) is 3.43. The van der Waals surface area contributed by atoms with Crippen LogP contribution >= 0.6 is 11.8 Å². The molecule has 152 valence electrons. The number of nitro groups is 1. The number of hydrogen-bond acceptors (Lipinski definition) is 6. The zero-order chi connectivity index (χ0) is 21.4. The highest BCUT2D eigenvalue weighted by molar-refractivity contribution is 8.16. The van der Waals surface area contributed by atoms with Crippen LogP contribution in [0, 0.1) is 10.1 Å². The van der Waals surface area contributed by atoms with Gasteiger partial charge in [-0.1, -0.05) is 72.4 Å². The molecule has 2 aliphatic rings. The third-order valence-corrected chi connectivity index (χ3v) is 6.24. The summed E-state index contributed by atoms with van der Waals surface area (Å²) in [4.78, 5) is 31.1. The van der Waals surface area contributed by atoms with Crippen molar-refractivity contribution in [3.8, 4) is 0 Å². The van der Waals surface area contributed by atoms with Gasteiger partial charge < -0.3 is 4.90 Å². The molecule has 2 heterocycles. The third-order valence-electron chi connectivity index (χ3n) is 5.38. The first-order chi connectivity index (χ1) is 15.1. The molecule has 3 aromatic rings. The van der Waals surface area contributed by atoms with Crippen molar-refractivity contribution in [1.29, 1.82) is 0 Å². The van der Waals surface area contributed by atoms with Gasteiger partial charge in [-0.25, -0.2) is 4.99 Å². The molecule has 0 N–H and O–H groups in total. The van der Waals surface area contributed by atoms with Crippen molar-refractivity contribution in [3.63, 3.8) is 0 Å². The van der Waals surface area contributed by atoms with Crippen molar-refractivity contribution in [3.05, 3.63) is 117 Å². The van der Waals surface area contributed by atoms with Gasteiger partial charge in [-0.3, -0.25) is 14.9 Å². The van der Waals surface area contributed by atoms with Gasteiger partial charge in [0.2, 0.25) is 0 Å². The van der Waals surface area contributed by atoms with Crippen molar-refractivity contribution in [2.75, 3.05) is 0 Å². The summed E-state index contributed by atoms with van der Waals surface area (Å²) < 4.78 is 0. The van der Waals surface area contributed by atoms with Crippen molar-refractivity contribution in [2.24, 2.45) is 4.99 Å². The highest BCUT2D eigenvalue weighted by Crippen LogP contribution is 2.46. The predicted octanol–water partition coefficient (Wildman–Crippen LogP) is 5.36. The van der Waals surface area contributed by atoms with Crippen LogP contribution in [-0.4, -0.2) is 20.8 Å². The van der Waals surface area contributed by atoms with Gasteiger partial charge >= 0.3 is 0 Å². The number of rotatable bonds is 4. The van der Waals surface area contributed by atoms with Crippen molar-refractivity contribution < 1.29 is 9.72 Å². The summed E-state index contributed by atoms with van der Waals surface area (Å²) in [6, 6.07) is 24.4. The number of amidine groups is 1. The number of thioether (sulfide) groups is 1. The second-order valence-electron chi connectivity index (χ2n) is 7.24. The maximum absolute atomic E-state index is 13.7. The van der Waals surface area contributed by atoms with E-state index in [0.29, 0.717) is 5.56 Å². The van der Waals surface area contributed by atoms with Crippen LogP contribution in [0.15, 0.2) is 95.3 Å². The molecule has 3 aromatic carbocycles. The molecule has 0 saturated heterocycles. The van der Waals surface area contributed by atoms with Crippen LogP contribution in [0.3, 0.4) is 0 Å². The van der Waals surface area contributed by atoms with Crippen LogP contribution in [0.25, 0.3) is 5.70 Å². The normalized spacial score (nSPS) is 20.1. The first-order valence-corrected chi connectivity index (χ1v) is 10.6. The number of non-ortho nitro benzene ring substituents is 1. The van der Waals surface area contributed by atoms with E-state index in [1.807, 2.05) is 71.0 Å². The topological polar surface area (TPSA) is 75.8 Å². The predicted molar refractivity (Wildman–Crippen MR) is 121 cm³/mol. The Labute approximate surface area is 183 Å². The van der Waals surface area contributed by atoms with Crippen LogP contribution < -0.4 is 0 Å². The minimum Gasteiger partial charge on any atom is -0.305 e. The second-order valence-corrected chi connectivity index (χ2v) is 8.07. The van der Waals surface area contributed by atoms with Gasteiger partial charge in [0.25, 0.3) is 5.69 Å². The van der Waals surface area contributed by atoms with E-state index in [1.54, 1.807) is 12.1 Å². The quantitative estimate of drug-likeness (QED) is 0.414. The molecule has 2 atom stereocenters. The summed E-state index contributed by atoms with van der Waals surface area (Å²) in [6.45, 7) is 0. The van der Waals surface area contributed by atoms with Crippen LogP contribution in [0.5, 0.6) is 0 Å². The number of carbonyl (C=O) groups is 1. The molecular formula is C24H17N3O3S. The summed E-state index contributed by atoms with van der Waals surface area (Å²) in [5, 5.41) is 13.8. The summed E-state index contributed by atoms with van der Waals surface area (Å²) in [5.41, 5.74) is 3.48. The molecule has 0 spiro atoms. The molecule has 2 aliphatic heterocycles. The molecule has 7 heteroatoms. The van der Waals surface area contributed by atoms with Gasteiger partial charge in [0.15, 0.2) is 11.0 Å². The Morgan fingerprint density at radius 3 is 2.16 bits per heavy atom. The summed E-state index contributed by atoms with van der Waals surface area (Å²) >= 11 is 1.49. The fourth-order valence-corrected chi connectivity index (χ4v) is 4.85. The lowest BCUT2D eigenvalue weighted by atomic mass is 9.90. The van der Waals surface area contributed by atoms with Crippen LogP contribution in [0.1, 0.15) is 28.8 Å². The number of aliphatic imine (C=N–C) groups is 1. The number of nitrogens with zero attached hydrogens (tertiary/aromatic N) is 3. The fraction of sp³-hybridized carbons (Fsp3) is 0.0833. The Morgan fingerprint density at radius 2 is 1.52 bits per heavy atom. The van der Waals surface area contributed by atoms with Crippen molar-refractivity contribution in [1.82, 2.24) is 4.90 Å². The summed E-state index contributed by atoms with van der Waals surface area (Å²) in [6.07, 6.45) is 0. The number of fused-ring (bicyclic) bond motifs is 1. The van der Waals surface area contributed by atoms with E-state index in [2.05, 4.69) is 0 Å². The van der Waals surface area contributed by atoms with Crippen molar-refractivity contribution >= 4 is 34.1 Å². The van der Waals surface area contributed by atoms with Crippen LogP contribution in [-0.2, 0) is 4.79 Å². The maximum Gasteiger partial charge on any atom is 0.269 e. The molecule has 0 fully saturated rings. The standard InChI is InChI=1S/C24H17N3O3S/c28-23-21(17-11-13-19(14-12-17)27(29)30)25-24-26(22(23)18-9-5-2-6-10-18)20(15-31-24)16-7-3-1-4-8-16/h1-15,21-22H. The first kappa shape index (κ1) is 19.3. The zero-order valence-corrected chi connectivity index (χ0v) is 17.1. The van der Waals surface area contributed by atoms with E-state index < -0.39 is 17.0 Å². The molecule has 0 radical (unpaired) electrons. The van der Waals surface area contributed by atoms with E-state index in [1.165, 1.54) is 23.9 Å². The number of hydrogen-bond donors (Lipinski definition) is 0. The van der Waals surface area contributed by atoms with Gasteiger partial charge in [-0.15, -0.1) is 0 Å². The lowest BCUT2D eigenvalue weighted by molar-refractivity contribution is -0.384. The van der Waals surface area contributed by atoms with E-state index in [0.717, 1.165) is 22.0 Å². The monoisotopic (exact) mass is 427 g/mol. The highest BCUT2D eigenvalue weighted by atomic mass is 32.2.